The molecule has 0 aliphatic carbocycles. The Hall–Kier alpha value is -3.58. The van der Waals surface area contributed by atoms with Crippen LogP contribution in [0.5, 0.6) is 0 Å². The van der Waals surface area contributed by atoms with Crippen LogP contribution in [0.1, 0.15) is 5.69 Å². The highest BCUT2D eigenvalue weighted by molar-refractivity contribution is 7.90. The van der Waals surface area contributed by atoms with Gasteiger partial charge in [-0.2, -0.15) is 0 Å². The second-order valence-corrected chi connectivity index (χ2v) is 9.05. The molecule has 0 aliphatic heterocycles. The van der Waals surface area contributed by atoms with Crippen molar-refractivity contribution in [1.82, 2.24) is 15.0 Å². The van der Waals surface area contributed by atoms with Crippen molar-refractivity contribution in [2.75, 3.05) is 0 Å². The lowest BCUT2D eigenvalue weighted by Crippen LogP contribution is -2.06. The number of aromatic amines is 1. The van der Waals surface area contributed by atoms with Gasteiger partial charge in [0.05, 0.1) is 16.3 Å². The molecule has 0 saturated carbocycles. The number of rotatable bonds is 4. The molecular formula is C23H16FN3O2S. The normalized spacial score (nSPS) is 11.9. The summed E-state index contributed by atoms with van der Waals surface area (Å²) >= 11 is 0. The van der Waals surface area contributed by atoms with Crippen LogP contribution in [0, 0.1) is 5.82 Å². The first kappa shape index (κ1) is 18.4. The van der Waals surface area contributed by atoms with Gasteiger partial charge < -0.3 is 4.98 Å². The topological polar surface area (TPSA) is 75.7 Å². The van der Waals surface area contributed by atoms with Crippen molar-refractivity contribution in [3.05, 3.63) is 90.8 Å². The maximum absolute atomic E-state index is 13.5. The Kier molecular flexibility index (Phi) is 4.33. The monoisotopic (exact) mass is 417 g/mol. The van der Waals surface area contributed by atoms with Crippen LogP contribution < -0.4 is 0 Å². The van der Waals surface area contributed by atoms with E-state index in [2.05, 4.69) is 15.0 Å². The van der Waals surface area contributed by atoms with Crippen molar-refractivity contribution in [2.24, 2.45) is 0 Å². The Morgan fingerprint density at radius 2 is 1.83 bits per heavy atom. The Morgan fingerprint density at radius 3 is 2.67 bits per heavy atom. The number of fused-ring (bicyclic) bond motifs is 2. The Balaban J connectivity index is 1.58. The highest BCUT2D eigenvalue weighted by Crippen LogP contribution is 2.32. The highest BCUT2D eigenvalue weighted by atomic mass is 32.2. The zero-order valence-electron chi connectivity index (χ0n) is 15.7. The fourth-order valence-corrected chi connectivity index (χ4v) is 4.93. The number of hydrogen-bond acceptors (Lipinski definition) is 4. The molecule has 2 aromatic heterocycles. The van der Waals surface area contributed by atoms with E-state index in [1.807, 2.05) is 30.3 Å². The van der Waals surface area contributed by atoms with Crippen LogP contribution in [-0.4, -0.2) is 23.4 Å². The molecule has 0 spiro atoms. The van der Waals surface area contributed by atoms with E-state index in [1.54, 1.807) is 24.3 Å². The summed E-state index contributed by atoms with van der Waals surface area (Å²) in [4.78, 5) is 11.4. The molecule has 3 aromatic carbocycles. The Labute approximate surface area is 172 Å². The van der Waals surface area contributed by atoms with E-state index >= 15 is 0 Å². The molecule has 0 aliphatic rings. The van der Waals surface area contributed by atoms with Crippen molar-refractivity contribution in [2.45, 2.75) is 10.6 Å². The van der Waals surface area contributed by atoms with Crippen LogP contribution in [0.25, 0.3) is 32.9 Å². The number of benzene rings is 3. The standard InChI is InChI=1S/C23H16FN3O2S/c24-17-4-7-22-16(10-17)12-23(27-22)21-3-1-2-15-11-19(5-6-20(15)21)30(28,29)13-18-8-9-25-14-26-18/h1-12,14,27H,13H2. The summed E-state index contributed by atoms with van der Waals surface area (Å²) in [6, 6.07) is 18.9. The van der Waals surface area contributed by atoms with E-state index in [9.17, 15) is 12.8 Å². The van der Waals surface area contributed by atoms with Crippen LogP contribution in [-0.2, 0) is 15.6 Å². The summed E-state index contributed by atoms with van der Waals surface area (Å²) in [5.41, 5.74) is 3.05. The van der Waals surface area contributed by atoms with Crippen molar-refractivity contribution < 1.29 is 12.8 Å². The predicted octanol–water partition coefficient (Wildman–Crippen LogP) is 4.89. The molecule has 5 aromatic rings. The molecule has 148 valence electrons. The van der Waals surface area contributed by atoms with Gasteiger partial charge in [-0.3, -0.25) is 0 Å². The summed E-state index contributed by atoms with van der Waals surface area (Å²) in [5, 5.41) is 2.50. The third-order valence-electron chi connectivity index (χ3n) is 5.07. The summed E-state index contributed by atoms with van der Waals surface area (Å²) < 4.78 is 39.2. The first-order valence-corrected chi connectivity index (χ1v) is 10.9. The second kappa shape index (κ2) is 7.03. The maximum Gasteiger partial charge on any atom is 0.184 e. The molecule has 0 fully saturated rings. The molecule has 0 amide bonds. The number of hydrogen-bond donors (Lipinski definition) is 1. The van der Waals surface area contributed by atoms with Crippen molar-refractivity contribution in [3.63, 3.8) is 0 Å². The minimum absolute atomic E-state index is 0.186. The Bertz CT molecular complexity index is 1500. The smallest absolute Gasteiger partial charge is 0.184 e. The third kappa shape index (κ3) is 3.33. The van der Waals surface area contributed by atoms with E-state index in [4.69, 9.17) is 0 Å². The van der Waals surface area contributed by atoms with Gasteiger partial charge in [-0.1, -0.05) is 24.3 Å². The van der Waals surface area contributed by atoms with Gasteiger partial charge in [0.2, 0.25) is 0 Å². The number of aromatic nitrogens is 3. The van der Waals surface area contributed by atoms with Gasteiger partial charge in [0.1, 0.15) is 12.1 Å². The first-order valence-electron chi connectivity index (χ1n) is 9.29. The van der Waals surface area contributed by atoms with Crippen LogP contribution in [0.15, 0.2) is 84.1 Å². The summed E-state index contributed by atoms with van der Waals surface area (Å²) in [5.74, 6) is -0.474. The number of sulfone groups is 1. The number of H-pyrrole nitrogens is 1. The SMILES string of the molecule is O=S(=O)(Cc1ccncn1)c1ccc2c(-c3cc4cc(F)ccc4[nH]3)cccc2c1. The second-order valence-electron chi connectivity index (χ2n) is 7.06. The largest absolute Gasteiger partial charge is 0.355 e. The third-order valence-corrected chi connectivity index (χ3v) is 6.71. The maximum atomic E-state index is 13.5. The lowest BCUT2D eigenvalue weighted by Gasteiger charge is -2.08. The molecule has 5 rings (SSSR count). The number of halogens is 1. The quantitative estimate of drug-likeness (QED) is 0.452. The van der Waals surface area contributed by atoms with Crippen LogP contribution in [0.3, 0.4) is 0 Å². The van der Waals surface area contributed by atoms with E-state index < -0.39 is 9.84 Å². The number of nitrogens with zero attached hydrogens (tertiary/aromatic N) is 2. The van der Waals surface area contributed by atoms with E-state index in [0.717, 1.165) is 32.9 Å². The molecule has 0 saturated heterocycles. The average Bonchev–Trinajstić information content (AvgIpc) is 3.16. The molecule has 0 unspecified atom stereocenters. The van der Waals surface area contributed by atoms with E-state index in [0.29, 0.717) is 5.69 Å². The van der Waals surface area contributed by atoms with Crippen molar-refractivity contribution in [1.29, 1.82) is 0 Å². The van der Waals surface area contributed by atoms with Crippen molar-refractivity contribution in [3.8, 4) is 11.3 Å². The van der Waals surface area contributed by atoms with Crippen LogP contribution in [0.4, 0.5) is 4.39 Å². The lowest BCUT2D eigenvalue weighted by atomic mass is 10.0. The molecule has 0 radical (unpaired) electrons. The molecule has 1 N–H and O–H groups in total. The zero-order valence-corrected chi connectivity index (χ0v) is 16.5. The van der Waals surface area contributed by atoms with Gasteiger partial charge in [0.15, 0.2) is 9.84 Å². The number of nitrogens with one attached hydrogen (secondary N) is 1. The zero-order chi connectivity index (χ0) is 20.7. The molecular weight excluding hydrogens is 401 g/mol. The Morgan fingerprint density at radius 1 is 0.933 bits per heavy atom. The fraction of sp³-hybridized carbons (Fsp3) is 0.0435. The van der Waals surface area contributed by atoms with E-state index in [-0.39, 0.29) is 16.5 Å². The first-order chi connectivity index (χ1) is 14.5. The van der Waals surface area contributed by atoms with Gasteiger partial charge in [-0.15, -0.1) is 0 Å². The minimum Gasteiger partial charge on any atom is -0.355 e. The van der Waals surface area contributed by atoms with E-state index in [1.165, 1.54) is 24.7 Å². The molecule has 0 atom stereocenters. The van der Waals surface area contributed by atoms with Crippen LogP contribution >= 0.6 is 0 Å². The summed E-state index contributed by atoms with van der Waals surface area (Å²) in [7, 11) is -3.55. The molecule has 5 nitrogen and oxygen atoms in total. The minimum atomic E-state index is -3.55. The van der Waals surface area contributed by atoms with Gasteiger partial charge in [0, 0.05) is 28.4 Å². The molecule has 2 heterocycles. The molecule has 30 heavy (non-hydrogen) atoms. The molecule has 0 bridgehead atoms. The summed E-state index contributed by atoms with van der Waals surface area (Å²) in [6.45, 7) is 0. The fourth-order valence-electron chi connectivity index (χ4n) is 3.62. The van der Waals surface area contributed by atoms with Gasteiger partial charge in [0.25, 0.3) is 0 Å². The summed E-state index contributed by atoms with van der Waals surface area (Å²) in [6.07, 6.45) is 2.86. The van der Waals surface area contributed by atoms with Gasteiger partial charge >= 0.3 is 0 Å². The molecule has 7 heteroatoms. The van der Waals surface area contributed by atoms with Gasteiger partial charge in [-0.25, -0.2) is 22.8 Å². The predicted molar refractivity (Wildman–Crippen MR) is 114 cm³/mol. The average molecular weight is 417 g/mol. The highest BCUT2D eigenvalue weighted by Gasteiger charge is 2.17. The van der Waals surface area contributed by atoms with Crippen LogP contribution in [0.2, 0.25) is 0 Å². The van der Waals surface area contributed by atoms with Crippen molar-refractivity contribution >= 4 is 31.5 Å². The lowest BCUT2D eigenvalue weighted by molar-refractivity contribution is 0.594. The van der Waals surface area contributed by atoms with Gasteiger partial charge in [-0.05, 0) is 53.2 Å².